The number of aliphatic hydroxyl groups is 1. The molecular formula is C13H24N4O. The van der Waals surface area contributed by atoms with Crippen LogP contribution in [0.1, 0.15) is 32.5 Å². The van der Waals surface area contributed by atoms with Crippen LogP contribution in [-0.4, -0.2) is 41.8 Å². The SMILES string of the molecule is CCCCN(CCO)c1cc(NC)nc(CC)n1. The van der Waals surface area contributed by atoms with Crippen molar-refractivity contribution in [3.05, 3.63) is 11.9 Å². The van der Waals surface area contributed by atoms with E-state index >= 15 is 0 Å². The Hall–Kier alpha value is -1.36. The highest BCUT2D eigenvalue weighted by molar-refractivity contribution is 5.49. The van der Waals surface area contributed by atoms with Crippen molar-refractivity contribution in [2.45, 2.75) is 33.1 Å². The third-order valence-electron chi connectivity index (χ3n) is 2.81. The van der Waals surface area contributed by atoms with Gasteiger partial charge in [0.05, 0.1) is 6.61 Å². The summed E-state index contributed by atoms with van der Waals surface area (Å²) < 4.78 is 0. The van der Waals surface area contributed by atoms with E-state index in [1.165, 1.54) is 0 Å². The summed E-state index contributed by atoms with van der Waals surface area (Å²) in [7, 11) is 1.86. The topological polar surface area (TPSA) is 61.3 Å². The van der Waals surface area contributed by atoms with E-state index in [1.807, 2.05) is 20.0 Å². The molecule has 2 N–H and O–H groups in total. The standard InChI is InChI=1S/C13H24N4O/c1-4-6-7-17(8-9-18)13-10-12(14-3)15-11(5-2)16-13/h10,18H,4-9H2,1-3H3,(H,14,15,16). The van der Waals surface area contributed by atoms with Gasteiger partial charge in [0.15, 0.2) is 0 Å². The molecule has 0 unspecified atom stereocenters. The molecule has 0 aliphatic heterocycles. The van der Waals surface area contributed by atoms with Crippen LogP contribution in [0.25, 0.3) is 0 Å². The Kier molecular flexibility index (Phi) is 6.43. The quantitative estimate of drug-likeness (QED) is 0.737. The zero-order valence-corrected chi connectivity index (χ0v) is 11.6. The van der Waals surface area contributed by atoms with Gasteiger partial charge >= 0.3 is 0 Å². The maximum atomic E-state index is 9.15. The van der Waals surface area contributed by atoms with Crippen LogP contribution in [0.4, 0.5) is 11.6 Å². The van der Waals surface area contributed by atoms with Gasteiger partial charge < -0.3 is 15.3 Å². The average Bonchev–Trinajstić information content (AvgIpc) is 2.42. The van der Waals surface area contributed by atoms with E-state index in [0.717, 1.165) is 43.3 Å². The van der Waals surface area contributed by atoms with Crippen molar-refractivity contribution in [2.24, 2.45) is 0 Å². The molecule has 1 aromatic rings. The number of anilines is 2. The minimum atomic E-state index is 0.143. The number of rotatable bonds is 8. The Balaban J connectivity index is 2.93. The maximum Gasteiger partial charge on any atom is 0.134 e. The van der Waals surface area contributed by atoms with Crippen molar-refractivity contribution in [3.63, 3.8) is 0 Å². The number of unbranched alkanes of at least 4 members (excludes halogenated alkanes) is 1. The summed E-state index contributed by atoms with van der Waals surface area (Å²) in [5.41, 5.74) is 0. The second-order valence-corrected chi connectivity index (χ2v) is 4.20. The summed E-state index contributed by atoms with van der Waals surface area (Å²) in [6, 6.07) is 1.94. The Labute approximate surface area is 109 Å². The lowest BCUT2D eigenvalue weighted by Crippen LogP contribution is -2.29. The van der Waals surface area contributed by atoms with Gasteiger partial charge in [-0.05, 0) is 6.42 Å². The number of hydrogen-bond donors (Lipinski definition) is 2. The third-order valence-corrected chi connectivity index (χ3v) is 2.81. The number of aliphatic hydroxyl groups excluding tert-OH is 1. The third kappa shape index (κ3) is 4.14. The zero-order valence-electron chi connectivity index (χ0n) is 11.6. The minimum Gasteiger partial charge on any atom is -0.395 e. The highest BCUT2D eigenvalue weighted by Gasteiger charge is 2.10. The number of nitrogens with one attached hydrogen (secondary N) is 1. The molecule has 102 valence electrons. The number of hydrogen-bond acceptors (Lipinski definition) is 5. The van der Waals surface area contributed by atoms with Gasteiger partial charge in [0.2, 0.25) is 0 Å². The minimum absolute atomic E-state index is 0.143. The van der Waals surface area contributed by atoms with Crippen molar-refractivity contribution in [2.75, 3.05) is 37.0 Å². The van der Waals surface area contributed by atoms with Crippen LogP contribution in [0.15, 0.2) is 6.07 Å². The molecule has 0 aliphatic carbocycles. The van der Waals surface area contributed by atoms with Crippen molar-refractivity contribution in [1.82, 2.24) is 9.97 Å². The predicted octanol–water partition coefficient (Wildman–Crippen LogP) is 1.68. The van der Waals surface area contributed by atoms with E-state index in [2.05, 4.69) is 27.1 Å². The smallest absolute Gasteiger partial charge is 0.134 e. The predicted molar refractivity (Wildman–Crippen MR) is 75.2 cm³/mol. The summed E-state index contributed by atoms with van der Waals surface area (Å²) in [5.74, 6) is 2.56. The fourth-order valence-corrected chi connectivity index (χ4v) is 1.74. The van der Waals surface area contributed by atoms with Crippen LogP contribution in [0, 0.1) is 0 Å². The lowest BCUT2D eigenvalue weighted by molar-refractivity contribution is 0.301. The number of aryl methyl sites for hydroxylation is 1. The molecule has 18 heavy (non-hydrogen) atoms. The lowest BCUT2D eigenvalue weighted by atomic mass is 10.3. The van der Waals surface area contributed by atoms with Crippen molar-refractivity contribution in [1.29, 1.82) is 0 Å². The van der Waals surface area contributed by atoms with Gasteiger partial charge in [-0.2, -0.15) is 0 Å². The molecule has 5 heteroatoms. The van der Waals surface area contributed by atoms with Gasteiger partial charge in [-0.1, -0.05) is 20.3 Å². The Morgan fingerprint density at radius 2 is 2.06 bits per heavy atom. The second kappa shape index (κ2) is 7.87. The van der Waals surface area contributed by atoms with Crippen molar-refractivity contribution < 1.29 is 5.11 Å². The molecule has 1 heterocycles. The molecule has 0 amide bonds. The molecule has 0 spiro atoms. The van der Waals surface area contributed by atoms with E-state index < -0.39 is 0 Å². The summed E-state index contributed by atoms with van der Waals surface area (Å²) in [5, 5.41) is 12.2. The first-order chi connectivity index (χ1) is 8.74. The Bertz CT molecular complexity index is 335. The van der Waals surface area contributed by atoms with Gasteiger partial charge in [0.1, 0.15) is 17.5 Å². The van der Waals surface area contributed by atoms with Gasteiger partial charge in [-0.3, -0.25) is 0 Å². The van der Waals surface area contributed by atoms with E-state index in [9.17, 15) is 0 Å². The van der Waals surface area contributed by atoms with Crippen LogP contribution in [0.3, 0.4) is 0 Å². The molecule has 0 radical (unpaired) electrons. The molecule has 1 aromatic heterocycles. The molecule has 0 saturated heterocycles. The average molecular weight is 252 g/mol. The Morgan fingerprint density at radius 1 is 1.28 bits per heavy atom. The molecule has 0 saturated carbocycles. The monoisotopic (exact) mass is 252 g/mol. The molecule has 0 aliphatic rings. The van der Waals surface area contributed by atoms with Crippen molar-refractivity contribution in [3.8, 4) is 0 Å². The summed E-state index contributed by atoms with van der Waals surface area (Å²) >= 11 is 0. The first-order valence-electron chi connectivity index (χ1n) is 6.66. The second-order valence-electron chi connectivity index (χ2n) is 4.20. The van der Waals surface area contributed by atoms with E-state index in [4.69, 9.17) is 5.11 Å². The molecule has 0 bridgehead atoms. The lowest BCUT2D eigenvalue weighted by Gasteiger charge is -2.23. The van der Waals surface area contributed by atoms with Gasteiger partial charge in [-0.15, -0.1) is 0 Å². The van der Waals surface area contributed by atoms with E-state index in [0.29, 0.717) is 6.54 Å². The molecule has 0 aromatic carbocycles. The van der Waals surface area contributed by atoms with E-state index in [1.54, 1.807) is 0 Å². The molecule has 1 rings (SSSR count). The van der Waals surface area contributed by atoms with Gasteiger partial charge in [-0.25, -0.2) is 9.97 Å². The molecule has 5 nitrogen and oxygen atoms in total. The number of aromatic nitrogens is 2. The fraction of sp³-hybridized carbons (Fsp3) is 0.692. The largest absolute Gasteiger partial charge is 0.395 e. The van der Waals surface area contributed by atoms with Crippen LogP contribution in [0.5, 0.6) is 0 Å². The van der Waals surface area contributed by atoms with Crippen LogP contribution < -0.4 is 10.2 Å². The number of nitrogens with zero attached hydrogens (tertiary/aromatic N) is 3. The summed E-state index contributed by atoms with van der Waals surface area (Å²) in [6.07, 6.45) is 3.04. The Morgan fingerprint density at radius 3 is 2.61 bits per heavy atom. The highest BCUT2D eigenvalue weighted by Crippen LogP contribution is 2.16. The fourth-order valence-electron chi connectivity index (χ4n) is 1.74. The normalized spacial score (nSPS) is 10.4. The van der Waals surface area contributed by atoms with E-state index in [-0.39, 0.29) is 6.61 Å². The first kappa shape index (κ1) is 14.7. The summed E-state index contributed by atoms with van der Waals surface area (Å²) in [4.78, 5) is 11.0. The van der Waals surface area contributed by atoms with Crippen molar-refractivity contribution >= 4 is 11.6 Å². The van der Waals surface area contributed by atoms with Crippen LogP contribution in [-0.2, 0) is 6.42 Å². The van der Waals surface area contributed by atoms with Crippen LogP contribution >= 0.6 is 0 Å². The molecule has 0 atom stereocenters. The zero-order chi connectivity index (χ0) is 13.4. The van der Waals surface area contributed by atoms with Crippen LogP contribution in [0.2, 0.25) is 0 Å². The summed E-state index contributed by atoms with van der Waals surface area (Å²) in [6.45, 7) is 5.88. The van der Waals surface area contributed by atoms with Gasteiger partial charge in [0.25, 0.3) is 0 Å². The highest BCUT2D eigenvalue weighted by atomic mass is 16.3. The molecular weight excluding hydrogens is 228 g/mol. The first-order valence-corrected chi connectivity index (χ1v) is 6.66. The maximum absolute atomic E-state index is 9.15. The molecule has 0 fully saturated rings. The van der Waals surface area contributed by atoms with Gasteiger partial charge in [0, 0.05) is 32.6 Å².